The van der Waals surface area contributed by atoms with Crippen molar-refractivity contribution >= 4 is 15.9 Å². The first-order chi connectivity index (χ1) is 7.79. The molecule has 0 aliphatic heterocycles. The third-order valence-electron chi connectivity index (χ3n) is 2.21. The molecule has 0 saturated carbocycles. The summed E-state index contributed by atoms with van der Waals surface area (Å²) < 4.78 is 8.43. The highest BCUT2D eigenvalue weighted by Gasteiger charge is 2.02. The van der Waals surface area contributed by atoms with Crippen molar-refractivity contribution in [3.8, 4) is 5.75 Å². The summed E-state index contributed by atoms with van der Waals surface area (Å²) in [4.78, 5) is 8.31. The number of ether oxygens (including phenoxy) is 1. The van der Waals surface area contributed by atoms with Crippen LogP contribution in [0.25, 0.3) is 0 Å². The molecule has 0 atom stereocenters. The van der Waals surface area contributed by atoms with Crippen LogP contribution >= 0.6 is 15.9 Å². The van der Waals surface area contributed by atoms with Gasteiger partial charge in [0.05, 0.1) is 6.20 Å². The molecule has 2 aromatic rings. The second kappa shape index (κ2) is 5.12. The molecule has 0 fully saturated rings. The number of nitrogens with zero attached hydrogens (tertiary/aromatic N) is 3. The number of aryl methyl sites for hydroxylation is 1. The summed E-state index contributed by atoms with van der Waals surface area (Å²) in [6.45, 7) is 3.44. The standard InChI is InChI=1S/C11H12BrN3O/c1-2-15-6-5-13-11(15)8-16-9-3-4-10(12)14-7-9/h3-7H,2,8H2,1H3. The molecule has 84 valence electrons. The Morgan fingerprint density at radius 3 is 2.94 bits per heavy atom. The molecule has 0 aromatic carbocycles. The zero-order valence-corrected chi connectivity index (χ0v) is 10.5. The summed E-state index contributed by atoms with van der Waals surface area (Å²) in [5.41, 5.74) is 0. The van der Waals surface area contributed by atoms with Crippen LogP contribution in [0.4, 0.5) is 0 Å². The van der Waals surface area contributed by atoms with Crippen LogP contribution < -0.4 is 4.74 Å². The molecule has 0 amide bonds. The van der Waals surface area contributed by atoms with E-state index in [1.807, 2.05) is 22.9 Å². The summed E-state index contributed by atoms with van der Waals surface area (Å²) in [5, 5.41) is 0. The minimum absolute atomic E-state index is 0.462. The van der Waals surface area contributed by atoms with Crippen molar-refractivity contribution in [2.75, 3.05) is 0 Å². The Kier molecular flexibility index (Phi) is 3.56. The third-order valence-corrected chi connectivity index (χ3v) is 2.68. The van der Waals surface area contributed by atoms with Gasteiger partial charge in [-0.25, -0.2) is 9.97 Å². The molecular weight excluding hydrogens is 270 g/mol. The summed E-state index contributed by atoms with van der Waals surface area (Å²) in [7, 11) is 0. The SMILES string of the molecule is CCn1ccnc1COc1ccc(Br)nc1. The van der Waals surface area contributed by atoms with Gasteiger partial charge < -0.3 is 9.30 Å². The topological polar surface area (TPSA) is 39.9 Å². The van der Waals surface area contributed by atoms with Crippen molar-refractivity contribution < 1.29 is 4.74 Å². The lowest BCUT2D eigenvalue weighted by atomic mass is 10.4. The van der Waals surface area contributed by atoms with Gasteiger partial charge in [-0.1, -0.05) is 0 Å². The lowest BCUT2D eigenvalue weighted by Crippen LogP contribution is -2.05. The quantitative estimate of drug-likeness (QED) is 0.809. The van der Waals surface area contributed by atoms with Gasteiger partial charge >= 0.3 is 0 Å². The van der Waals surface area contributed by atoms with Gasteiger partial charge in [-0.15, -0.1) is 0 Å². The first-order valence-electron chi connectivity index (χ1n) is 5.04. The largest absolute Gasteiger partial charge is 0.484 e. The lowest BCUT2D eigenvalue weighted by molar-refractivity contribution is 0.288. The van der Waals surface area contributed by atoms with Gasteiger partial charge in [0.25, 0.3) is 0 Å². The average Bonchev–Trinajstić information content (AvgIpc) is 2.76. The second-order valence-electron chi connectivity index (χ2n) is 3.23. The Morgan fingerprint density at radius 2 is 2.25 bits per heavy atom. The number of rotatable bonds is 4. The molecule has 0 radical (unpaired) electrons. The van der Waals surface area contributed by atoms with Crippen LogP contribution in [0.1, 0.15) is 12.7 Å². The van der Waals surface area contributed by atoms with Crippen molar-refractivity contribution in [1.29, 1.82) is 0 Å². The van der Waals surface area contributed by atoms with E-state index in [2.05, 4.69) is 32.8 Å². The molecule has 2 heterocycles. The Labute approximate surface area is 102 Å². The number of hydrogen-bond acceptors (Lipinski definition) is 3. The number of halogens is 1. The maximum absolute atomic E-state index is 5.58. The van der Waals surface area contributed by atoms with E-state index in [4.69, 9.17) is 4.74 Å². The van der Waals surface area contributed by atoms with E-state index in [1.165, 1.54) is 0 Å². The van der Waals surface area contributed by atoms with E-state index in [9.17, 15) is 0 Å². The Balaban J connectivity index is 1.99. The Hall–Kier alpha value is -1.36. The van der Waals surface area contributed by atoms with E-state index in [0.29, 0.717) is 6.61 Å². The van der Waals surface area contributed by atoms with Gasteiger partial charge in [0.1, 0.15) is 22.8 Å². The molecule has 5 heteroatoms. The van der Waals surface area contributed by atoms with Crippen LogP contribution in [0.2, 0.25) is 0 Å². The maximum atomic E-state index is 5.58. The van der Waals surface area contributed by atoms with Gasteiger partial charge in [-0.3, -0.25) is 0 Å². The lowest BCUT2D eigenvalue weighted by Gasteiger charge is -2.07. The Morgan fingerprint density at radius 1 is 1.38 bits per heavy atom. The molecule has 2 rings (SSSR count). The molecule has 4 nitrogen and oxygen atoms in total. The van der Waals surface area contributed by atoms with Crippen molar-refractivity contribution in [3.05, 3.63) is 41.2 Å². The van der Waals surface area contributed by atoms with Gasteiger partial charge in [-0.2, -0.15) is 0 Å². The fourth-order valence-electron chi connectivity index (χ4n) is 1.36. The molecular formula is C11H12BrN3O. The molecule has 2 aromatic heterocycles. The maximum Gasteiger partial charge on any atom is 0.146 e. The highest BCUT2D eigenvalue weighted by molar-refractivity contribution is 9.10. The molecule has 0 N–H and O–H groups in total. The van der Waals surface area contributed by atoms with Gasteiger partial charge in [0, 0.05) is 18.9 Å². The average molecular weight is 282 g/mol. The monoisotopic (exact) mass is 281 g/mol. The van der Waals surface area contributed by atoms with Crippen LogP contribution in [0.15, 0.2) is 35.3 Å². The van der Waals surface area contributed by atoms with E-state index >= 15 is 0 Å². The molecule has 0 bridgehead atoms. The van der Waals surface area contributed by atoms with Crippen molar-refractivity contribution in [2.45, 2.75) is 20.1 Å². The normalized spacial score (nSPS) is 10.4. The van der Waals surface area contributed by atoms with E-state index in [1.54, 1.807) is 12.4 Å². The first kappa shape index (κ1) is 11.1. The van der Waals surface area contributed by atoms with Crippen LogP contribution in [0, 0.1) is 0 Å². The van der Waals surface area contributed by atoms with E-state index in [0.717, 1.165) is 22.7 Å². The summed E-state index contributed by atoms with van der Waals surface area (Å²) in [6.07, 6.45) is 5.41. The zero-order chi connectivity index (χ0) is 11.4. The predicted octanol–water partition coefficient (Wildman–Crippen LogP) is 2.64. The van der Waals surface area contributed by atoms with Crippen LogP contribution in [0.3, 0.4) is 0 Å². The smallest absolute Gasteiger partial charge is 0.146 e. The van der Waals surface area contributed by atoms with E-state index in [-0.39, 0.29) is 0 Å². The highest BCUT2D eigenvalue weighted by Crippen LogP contribution is 2.14. The minimum atomic E-state index is 0.462. The van der Waals surface area contributed by atoms with Gasteiger partial charge in [0.2, 0.25) is 0 Å². The number of aromatic nitrogens is 3. The van der Waals surface area contributed by atoms with Gasteiger partial charge in [0.15, 0.2) is 0 Å². The summed E-state index contributed by atoms with van der Waals surface area (Å²) in [6, 6.07) is 3.72. The van der Waals surface area contributed by atoms with Crippen LogP contribution in [0.5, 0.6) is 5.75 Å². The summed E-state index contributed by atoms with van der Waals surface area (Å²) in [5.74, 6) is 1.67. The fourth-order valence-corrected chi connectivity index (χ4v) is 1.60. The zero-order valence-electron chi connectivity index (χ0n) is 8.93. The molecule has 16 heavy (non-hydrogen) atoms. The van der Waals surface area contributed by atoms with Crippen LogP contribution in [-0.2, 0) is 13.2 Å². The predicted molar refractivity (Wildman–Crippen MR) is 64.2 cm³/mol. The van der Waals surface area contributed by atoms with Crippen molar-refractivity contribution in [1.82, 2.24) is 14.5 Å². The van der Waals surface area contributed by atoms with Crippen LogP contribution in [-0.4, -0.2) is 14.5 Å². The van der Waals surface area contributed by atoms with Gasteiger partial charge in [-0.05, 0) is 35.0 Å². The van der Waals surface area contributed by atoms with E-state index < -0.39 is 0 Å². The molecule has 0 aliphatic carbocycles. The second-order valence-corrected chi connectivity index (χ2v) is 4.05. The molecule has 0 aliphatic rings. The summed E-state index contributed by atoms with van der Waals surface area (Å²) >= 11 is 3.27. The van der Waals surface area contributed by atoms with Crippen molar-refractivity contribution in [3.63, 3.8) is 0 Å². The van der Waals surface area contributed by atoms with Crippen molar-refractivity contribution in [2.24, 2.45) is 0 Å². The molecule has 0 saturated heterocycles. The first-order valence-corrected chi connectivity index (χ1v) is 5.83. The molecule has 0 spiro atoms. The number of hydrogen-bond donors (Lipinski definition) is 0. The minimum Gasteiger partial charge on any atom is -0.484 e. The molecule has 0 unspecified atom stereocenters. The fraction of sp³-hybridized carbons (Fsp3) is 0.273. The number of pyridine rings is 1. The highest BCUT2D eigenvalue weighted by atomic mass is 79.9. The number of imidazole rings is 1. The Bertz CT molecular complexity index is 453. The third kappa shape index (κ3) is 2.61.